The fourth-order valence-electron chi connectivity index (χ4n) is 8.62. The van der Waals surface area contributed by atoms with E-state index in [1.165, 1.54) is 23.5 Å². The Bertz CT molecular complexity index is 1250. The quantitative estimate of drug-likeness (QED) is 0.577. The number of thiophene rings is 1. The van der Waals surface area contributed by atoms with E-state index < -0.39 is 58.3 Å². The van der Waals surface area contributed by atoms with Crippen molar-refractivity contribution in [2.24, 2.45) is 28.6 Å². The molecule has 0 unspecified atom stereocenters. The summed E-state index contributed by atoms with van der Waals surface area (Å²) in [5.74, 6) is -3.06. The molecule has 2 heterocycles. The molecule has 0 radical (unpaired) electrons. The smallest absolute Gasteiger partial charge is 0.192 e. The average Bonchev–Trinajstić information content (AvgIpc) is 3.49. The van der Waals surface area contributed by atoms with Gasteiger partial charge in [0.05, 0.1) is 17.0 Å². The van der Waals surface area contributed by atoms with Crippen LogP contribution >= 0.6 is 22.9 Å². The van der Waals surface area contributed by atoms with Crippen molar-refractivity contribution in [3.8, 4) is 0 Å². The van der Waals surface area contributed by atoms with E-state index in [9.17, 15) is 19.8 Å². The van der Waals surface area contributed by atoms with E-state index in [-0.39, 0.29) is 36.5 Å². The lowest BCUT2D eigenvalue weighted by Gasteiger charge is -2.62. The second-order valence-electron chi connectivity index (χ2n) is 11.8. The topological polar surface area (TPSA) is 87.1 Å². The maximum atomic E-state index is 17.4. The Hall–Kier alpha value is -1.49. The average molecular weight is 554 g/mol. The van der Waals surface area contributed by atoms with Crippen molar-refractivity contribution in [3.63, 3.8) is 0 Å². The molecular formula is C27H30ClF2NO5S. The van der Waals surface area contributed by atoms with Gasteiger partial charge in [-0.25, -0.2) is 8.78 Å². The number of hydrogen-bond donors (Lipinski definition) is 2. The third kappa shape index (κ3) is 3.16. The first-order valence-electron chi connectivity index (χ1n) is 12.7. The molecule has 6 rings (SSSR count). The minimum atomic E-state index is -2.21. The third-order valence-electron chi connectivity index (χ3n) is 10.2. The number of aliphatic hydroxyl groups is 2. The maximum absolute atomic E-state index is 17.4. The molecule has 200 valence electrons. The SMILES string of the molecule is C[C@]12C=CC(=O)CC1=C(F)C[C@H]1[C@@H]3C[C@H]4CN(Cc5ccc(Cl)s5)O[C@@]4(C(=O)CO)[C@@]3(C)C[C@H](O)[C@@]12F. The summed E-state index contributed by atoms with van der Waals surface area (Å²) < 4.78 is 33.6. The van der Waals surface area contributed by atoms with Crippen LogP contribution in [0.4, 0.5) is 8.78 Å². The van der Waals surface area contributed by atoms with E-state index in [1.54, 1.807) is 18.1 Å². The second kappa shape index (κ2) is 8.26. The number of ketones is 2. The minimum Gasteiger partial charge on any atom is -0.390 e. The molecule has 4 aliphatic carbocycles. The Morgan fingerprint density at radius 2 is 2.08 bits per heavy atom. The molecule has 1 aliphatic heterocycles. The summed E-state index contributed by atoms with van der Waals surface area (Å²) in [6, 6.07) is 3.67. The third-order valence-corrected chi connectivity index (χ3v) is 11.4. The van der Waals surface area contributed by atoms with Crippen molar-refractivity contribution in [2.75, 3.05) is 13.2 Å². The van der Waals surface area contributed by atoms with E-state index in [0.717, 1.165) is 4.88 Å². The van der Waals surface area contributed by atoms with Crippen LogP contribution in [0.5, 0.6) is 0 Å². The molecule has 0 aromatic carbocycles. The van der Waals surface area contributed by atoms with Crippen molar-refractivity contribution in [1.82, 2.24) is 5.06 Å². The van der Waals surface area contributed by atoms with Gasteiger partial charge in [0.25, 0.3) is 0 Å². The van der Waals surface area contributed by atoms with Gasteiger partial charge in [0, 0.05) is 46.9 Å². The van der Waals surface area contributed by atoms with Gasteiger partial charge in [0.2, 0.25) is 0 Å². The van der Waals surface area contributed by atoms with Crippen LogP contribution in [0.2, 0.25) is 4.34 Å². The second-order valence-corrected chi connectivity index (χ2v) is 13.6. The van der Waals surface area contributed by atoms with Gasteiger partial charge in [-0.05, 0) is 49.5 Å². The van der Waals surface area contributed by atoms with Gasteiger partial charge in [0.15, 0.2) is 22.8 Å². The molecule has 2 N–H and O–H groups in total. The lowest BCUT2D eigenvalue weighted by atomic mass is 9.45. The summed E-state index contributed by atoms with van der Waals surface area (Å²) in [6.45, 7) is 3.41. The normalized spacial score (nSPS) is 45.0. The van der Waals surface area contributed by atoms with Gasteiger partial charge in [0.1, 0.15) is 12.4 Å². The molecule has 2 saturated carbocycles. The number of allylic oxidation sites excluding steroid dienone is 4. The molecule has 1 aromatic heterocycles. The molecule has 0 amide bonds. The number of hydroxylamine groups is 2. The monoisotopic (exact) mass is 553 g/mol. The molecule has 6 nitrogen and oxygen atoms in total. The Morgan fingerprint density at radius 3 is 2.76 bits per heavy atom. The molecule has 5 aliphatic rings. The zero-order chi connectivity index (χ0) is 26.5. The summed E-state index contributed by atoms with van der Waals surface area (Å²) in [5, 5.41) is 23.3. The number of alkyl halides is 1. The van der Waals surface area contributed by atoms with Gasteiger partial charge in [-0.3, -0.25) is 14.4 Å². The number of carbonyl (C=O) groups is 2. The molecule has 3 fully saturated rings. The van der Waals surface area contributed by atoms with Crippen LogP contribution in [0.3, 0.4) is 0 Å². The molecule has 1 aromatic rings. The van der Waals surface area contributed by atoms with Gasteiger partial charge < -0.3 is 10.2 Å². The molecule has 37 heavy (non-hydrogen) atoms. The number of Topliss-reactive ketones (excluding diaryl/α,β-unsaturated/α-hetero) is 1. The fraction of sp³-hybridized carbons (Fsp3) is 0.630. The van der Waals surface area contributed by atoms with E-state index >= 15 is 8.78 Å². The Balaban J connectivity index is 1.41. The predicted octanol–water partition coefficient (Wildman–Crippen LogP) is 4.34. The number of hydrogen-bond acceptors (Lipinski definition) is 7. The van der Waals surface area contributed by atoms with Crippen molar-refractivity contribution >= 4 is 34.5 Å². The van der Waals surface area contributed by atoms with Gasteiger partial charge in [-0.15, -0.1) is 11.3 Å². The van der Waals surface area contributed by atoms with Crippen molar-refractivity contribution in [3.05, 3.63) is 44.9 Å². The van der Waals surface area contributed by atoms with E-state index in [4.69, 9.17) is 16.4 Å². The van der Waals surface area contributed by atoms with E-state index in [2.05, 4.69) is 0 Å². The van der Waals surface area contributed by atoms with Gasteiger partial charge in [-0.1, -0.05) is 24.6 Å². The van der Waals surface area contributed by atoms with Crippen LogP contribution in [0.1, 0.15) is 44.4 Å². The minimum absolute atomic E-state index is 0.0855. The van der Waals surface area contributed by atoms with Crippen LogP contribution in [-0.4, -0.2) is 57.4 Å². The largest absolute Gasteiger partial charge is 0.390 e. The summed E-state index contributed by atoms with van der Waals surface area (Å²) in [4.78, 5) is 32.9. The highest BCUT2D eigenvalue weighted by Gasteiger charge is 2.79. The lowest BCUT2D eigenvalue weighted by molar-refractivity contribution is -0.266. The van der Waals surface area contributed by atoms with Gasteiger partial charge in [-0.2, -0.15) is 5.06 Å². The Kier molecular flexibility index (Phi) is 5.75. The highest BCUT2D eigenvalue weighted by atomic mass is 35.5. The van der Waals surface area contributed by atoms with Crippen LogP contribution in [-0.2, 0) is 21.0 Å². The molecule has 10 heteroatoms. The van der Waals surface area contributed by atoms with Gasteiger partial charge >= 0.3 is 0 Å². The molecule has 1 saturated heterocycles. The Morgan fingerprint density at radius 1 is 1.32 bits per heavy atom. The number of rotatable bonds is 4. The number of carbonyl (C=O) groups excluding carboxylic acids is 2. The van der Waals surface area contributed by atoms with Crippen LogP contribution < -0.4 is 0 Å². The van der Waals surface area contributed by atoms with Crippen LogP contribution in [0, 0.1) is 28.6 Å². The molecule has 8 atom stereocenters. The van der Waals surface area contributed by atoms with Crippen molar-refractivity contribution in [2.45, 2.75) is 63.4 Å². The first-order valence-corrected chi connectivity index (χ1v) is 13.9. The number of halogens is 3. The summed E-state index contributed by atoms with van der Waals surface area (Å²) >= 11 is 7.49. The Labute approximate surface area is 222 Å². The van der Waals surface area contributed by atoms with Crippen LogP contribution in [0.15, 0.2) is 35.7 Å². The summed E-state index contributed by atoms with van der Waals surface area (Å²) in [7, 11) is 0. The number of fused-ring (bicyclic) bond motifs is 7. The zero-order valence-electron chi connectivity index (χ0n) is 20.7. The fourth-order valence-corrected chi connectivity index (χ4v) is 9.71. The maximum Gasteiger partial charge on any atom is 0.192 e. The van der Waals surface area contributed by atoms with Crippen molar-refractivity contribution < 1.29 is 33.4 Å². The molecular weight excluding hydrogens is 524 g/mol. The first kappa shape index (κ1) is 25.8. The number of nitrogens with zero attached hydrogens (tertiary/aromatic N) is 1. The van der Waals surface area contributed by atoms with E-state index in [1.807, 2.05) is 13.0 Å². The van der Waals surface area contributed by atoms with E-state index in [0.29, 0.717) is 23.8 Å². The summed E-state index contributed by atoms with van der Waals surface area (Å²) in [6.07, 6.45) is 1.05. The zero-order valence-corrected chi connectivity index (χ0v) is 22.2. The predicted molar refractivity (Wildman–Crippen MR) is 133 cm³/mol. The summed E-state index contributed by atoms with van der Waals surface area (Å²) in [5.41, 5.74) is -6.07. The molecule has 0 spiro atoms. The number of aliphatic hydroxyl groups excluding tert-OH is 2. The first-order chi connectivity index (χ1) is 17.4. The van der Waals surface area contributed by atoms with Crippen molar-refractivity contribution in [1.29, 1.82) is 0 Å². The molecule has 0 bridgehead atoms. The van der Waals surface area contributed by atoms with Crippen LogP contribution in [0.25, 0.3) is 0 Å². The standard InChI is InChI=1S/C27H30ClF2NO5S/c1-24-6-5-15(33)8-19(24)20(29)9-18-17-7-14-11-31(12-16-3-4-23(28)37-16)36-27(14,22(35)13-32)25(17,2)10-21(34)26(18,24)30/h3-6,14,17-18,21,32,34H,7-13H2,1-2H3/t14-,17-,18-,21-,24-,25-,26-,27-/m0/s1. The lowest BCUT2D eigenvalue weighted by Crippen LogP contribution is -2.69. The highest BCUT2D eigenvalue weighted by Crippen LogP contribution is 2.72. The highest BCUT2D eigenvalue weighted by molar-refractivity contribution is 7.16.